The van der Waals surface area contributed by atoms with Crippen molar-refractivity contribution in [2.75, 3.05) is 26.2 Å². The predicted molar refractivity (Wildman–Crippen MR) is 181 cm³/mol. The Kier molecular flexibility index (Phi) is 10.1. The molecule has 0 aliphatic heterocycles. The Morgan fingerprint density at radius 2 is 1.60 bits per heavy atom. The first-order valence-electron chi connectivity index (χ1n) is 17.4. The first-order chi connectivity index (χ1) is 24.0. The summed E-state index contributed by atoms with van der Waals surface area (Å²) in [4.78, 5) is 35.3. The molecule has 3 aromatic carbocycles. The number of likely N-dealkylation sites (N-methyl/N-ethyl adjacent to an activating group) is 1. The van der Waals surface area contributed by atoms with E-state index < -0.39 is 40.7 Å². The van der Waals surface area contributed by atoms with E-state index in [1.165, 1.54) is 29.2 Å². The van der Waals surface area contributed by atoms with Crippen molar-refractivity contribution >= 4 is 17.7 Å². The van der Waals surface area contributed by atoms with Crippen molar-refractivity contribution in [3.05, 3.63) is 117 Å². The molecule has 11 heteroatoms. The van der Waals surface area contributed by atoms with E-state index in [1.807, 2.05) is 13.8 Å². The number of hydrogen-bond donors (Lipinski definition) is 0. The molecule has 0 bridgehead atoms. The van der Waals surface area contributed by atoms with Crippen LogP contribution in [0.4, 0.5) is 17.6 Å². The van der Waals surface area contributed by atoms with Gasteiger partial charge in [0.15, 0.2) is 5.16 Å². The minimum atomic E-state index is -4.45. The lowest BCUT2D eigenvalue weighted by molar-refractivity contribution is -0.137. The SMILES string of the molecule is [2H]C([2H])(Sc1nc(=O)c2c(n1CC(=O)N(CCN(CC)CC)C([2H])(C)c1ccc(-c3ccc(C(F)(F)F)cc3)cc1)CCC2)c1ccc(F)cc1. The zero-order valence-corrected chi connectivity index (χ0v) is 27.9. The quantitative estimate of drug-likeness (QED) is 0.0819. The van der Waals surface area contributed by atoms with Gasteiger partial charge in [0, 0.05) is 32.8 Å². The minimum absolute atomic E-state index is 0.0135. The molecule has 1 aliphatic carbocycles. The number of amides is 1. The standard InChI is InChI=1S/C37H40F4N4O2S/c1-4-43(5-2)21-22-44(25(3)27-11-13-28(14-12-27)29-15-17-30(18-16-29)37(39,40)41)34(46)23-45-33-8-6-7-32(33)35(47)42-36(45)48-24-26-9-19-31(38)20-10-26/h9-20,25H,4-8,21-24H2,1-3H3/i24D2,25D. The first kappa shape index (κ1) is 31.3. The van der Waals surface area contributed by atoms with Crippen LogP contribution >= 0.6 is 11.8 Å². The smallest absolute Gasteiger partial charge is 0.333 e. The summed E-state index contributed by atoms with van der Waals surface area (Å²) in [7, 11) is 0. The second kappa shape index (κ2) is 15.5. The molecule has 1 aliphatic rings. The third kappa shape index (κ3) is 8.36. The zero-order valence-electron chi connectivity index (χ0n) is 30.1. The largest absolute Gasteiger partial charge is 0.416 e. The highest BCUT2D eigenvalue weighted by atomic mass is 32.2. The van der Waals surface area contributed by atoms with Gasteiger partial charge in [0.1, 0.15) is 12.4 Å². The van der Waals surface area contributed by atoms with Crippen LogP contribution in [0.1, 0.15) is 65.3 Å². The fourth-order valence-electron chi connectivity index (χ4n) is 5.84. The maximum Gasteiger partial charge on any atom is 0.416 e. The van der Waals surface area contributed by atoms with Gasteiger partial charge in [-0.2, -0.15) is 18.2 Å². The van der Waals surface area contributed by atoms with Crippen molar-refractivity contribution in [3.63, 3.8) is 0 Å². The molecule has 0 saturated heterocycles. The molecule has 1 aromatic heterocycles. The van der Waals surface area contributed by atoms with Crippen LogP contribution in [-0.2, 0) is 36.1 Å². The summed E-state index contributed by atoms with van der Waals surface area (Å²) >= 11 is 0.671. The normalized spacial score (nSPS) is 15.4. The number of nitrogens with zero attached hydrogens (tertiary/aromatic N) is 4. The Hall–Kier alpha value is -3.96. The monoisotopic (exact) mass is 683 g/mol. The van der Waals surface area contributed by atoms with E-state index in [-0.39, 0.29) is 23.8 Å². The molecule has 1 heterocycles. The van der Waals surface area contributed by atoms with Gasteiger partial charge in [-0.25, -0.2) is 4.39 Å². The van der Waals surface area contributed by atoms with Crippen LogP contribution in [0, 0.1) is 5.82 Å². The van der Waals surface area contributed by atoms with Gasteiger partial charge in [-0.3, -0.25) is 9.59 Å². The molecular weight excluding hydrogens is 640 g/mol. The lowest BCUT2D eigenvalue weighted by Gasteiger charge is -2.33. The number of rotatable bonds is 13. The molecule has 0 fully saturated rings. The summed E-state index contributed by atoms with van der Waals surface area (Å²) in [5.74, 6) is -0.953. The van der Waals surface area contributed by atoms with Crippen LogP contribution in [0.2, 0.25) is 0 Å². The fraction of sp³-hybridized carbons (Fsp3) is 0.378. The molecule has 6 nitrogen and oxygen atoms in total. The number of fused-ring (bicyclic) bond motifs is 1. The summed E-state index contributed by atoms with van der Waals surface area (Å²) in [5.41, 5.74) is -0.379. The van der Waals surface area contributed by atoms with E-state index in [9.17, 15) is 28.5 Å². The van der Waals surface area contributed by atoms with E-state index in [2.05, 4.69) is 9.88 Å². The molecule has 1 atom stereocenters. The Morgan fingerprint density at radius 1 is 0.979 bits per heavy atom. The summed E-state index contributed by atoms with van der Waals surface area (Å²) < 4.78 is 81.6. The molecular formula is C37H40F4N4O2S. The van der Waals surface area contributed by atoms with E-state index in [4.69, 9.17) is 2.74 Å². The molecule has 48 heavy (non-hydrogen) atoms. The van der Waals surface area contributed by atoms with Crippen LogP contribution in [0.25, 0.3) is 11.1 Å². The highest BCUT2D eigenvalue weighted by molar-refractivity contribution is 7.98. The predicted octanol–water partition coefficient (Wildman–Crippen LogP) is 7.78. The number of carbonyl (C=O) groups is 1. The molecule has 254 valence electrons. The van der Waals surface area contributed by atoms with Gasteiger partial charge in [-0.05, 0) is 85.8 Å². The fourth-order valence-corrected chi connectivity index (χ4v) is 6.60. The summed E-state index contributed by atoms with van der Waals surface area (Å²) in [5, 5.41) is 0.0135. The van der Waals surface area contributed by atoms with Gasteiger partial charge in [0.25, 0.3) is 5.56 Å². The van der Waals surface area contributed by atoms with E-state index in [0.29, 0.717) is 65.5 Å². The molecule has 1 unspecified atom stereocenters. The topological polar surface area (TPSA) is 58.4 Å². The van der Waals surface area contributed by atoms with Crippen molar-refractivity contribution < 1.29 is 26.5 Å². The highest BCUT2D eigenvalue weighted by Crippen LogP contribution is 2.32. The third-order valence-electron chi connectivity index (χ3n) is 8.69. The number of benzene rings is 3. The molecule has 0 radical (unpaired) electrons. The lowest BCUT2D eigenvalue weighted by atomic mass is 9.99. The number of carbonyl (C=O) groups excluding carboxylic acids is 1. The number of halogens is 4. The van der Waals surface area contributed by atoms with Crippen LogP contribution in [0.3, 0.4) is 0 Å². The summed E-state index contributed by atoms with van der Waals surface area (Å²) in [6, 6.07) is 15.0. The Balaban J connectivity index is 1.49. The zero-order chi connectivity index (χ0) is 37.1. The third-order valence-corrected chi connectivity index (χ3v) is 9.52. The molecule has 1 amide bonds. The van der Waals surface area contributed by atoms with E-state index in [0.717, 1.165) is 37.4 Å². The van der Waals surface area contributed by atoms with Gasteiger partial charge in [-0.1, -0.05) is 74.1 Å². The second-order valence-corrected chi connectivity index (χ2v) is 12.4. The summed E-state index contributed by atoms with van der Waals surface area (Å²) in [6.07, 6.45) is -2.79. The first-order valence-corrected chi connectivity index (χ1v) is 16.8. The number of alkyl halides is 3. The van der Waals surface area contributed by atoms with Crippen molar-refractivity contribution in [2.45, 2.75) is 69.6 Å². The molecule has 0 spiro atoms. The van der Waals surface area contributed by atoms with Crippen molar-refractivity contribution in [3.8, 4) is 11.1 Å². The Labute approximate surface area is 287 Å². The number of hydrogen-bond acceptors (Lipinski definition) is 5. The number of aromatic nitrogens is 2. The van der Waals surface area contributed by atoms with Crippen molar-refractivity contribution in [1.82, 2.24) is 19.4 Å². The molecule has 0 N–H and O–H groups in total. The van der Waals surface area contributed by atoms with Crippen LogP contribution in [0.5, 0.6) is 0 Å². The maximum atomic E-state index is 14.5. The second-order valence-electron chi connectivity index (χ2n) is 11.6. The van der Waals surface area contributed by atoms with E-state index >= 15 is 0 Å². The van der Waals surface area contributed by atoms with Gasteiger partial charge in [0.2, 0.25) is 5.91 Å². The van der Waals surface area contributed by atoms with Crippen molar-refractivity contribution in [2.24, 2.45) is 0 Å². The van der Waals surface area contributed by atoms with Gasteiger partial charge in [-0.15, -0.1) is 0 Å². The van der Waals surface area contributed by atoms with Gasteiger partial charge < -0.3 is 14.4 Å². The van der Waals surface area contributed by atoms with Crippen LogP contribution in [-0.4, -0.2) is 51.4 Å². The Morgan fingerprint density at radius 3 is 2.21 bits per heavy atom. The molecule has 0 saturated carbocycles. The Bertz CT molecular complexity index is 1900. The lowest BCUT2D eigenvalue weighted by Crippen LogP contribution is -2.42. The number of thioether (sulfide) groups is 1. The molecule has 4 aromatic rings. The summed E-state index contributed by atoms with van der Waals surface area (Å²) in [6.45, 7) is 7.44. The minimum Gasteiger partial charge on any atom is -0.333 e. The average Bonchev–Trinajstić information content (AvgIpc) is 3.59. The van der Waals surface area contributed by atoms with Gasteiger partial charge in [0.05, 0.1) is 13.0 Å². The van der Waals surface area contributed by atoms with E-state index in [1.54, 1.807) is 35.8 Å². The van der Waals surface area contributed by atoms with Crippen LogP contribution in [0.15, 0.2) is 82.7 Å². The average molecular weight is 684 g/mol. The van der Waals surface area contributed by atoms with Crippen LogP contribution < -0.4 is 5.56 Å². The maximum absolute atomic E-state index is 14.5. The molecule has 5 rings (SSSR count). The van der Waals surface area contributed by atoms with Gasteiger partial charge >= 0.3 is 6.18 Å². The van der Waals surface area contributed by atoms with Crippen molar-refractivity contribution in [1.29, 1.82) is 0 Å². The highest BCUT2D eigenvalue weighted by Gasteiger charge is 2.30.